The molecule has 0 saturated carbocycles. The second kappa shape index (κ2) is 12.5. The lowest BCUT2D eigenvalue weighted by atomic mass is 9.82. The molecule has 2 unspecified atom stereocenters. The zero-order valence-corrected chi connectivity index (χ0v) is 15.1. The molecule has 0 aromatic heterocycles. The van der Waals surface area contributed by atoms with E-state index in [1.807, 2.05) is 0 Å². The van der Waals surface area contributed by atoms with E-state index >= 15 is 0 Å². The van der Waals surface area contributed by atoms with Crippen LogP contribution in [0.15, 0.2) is 54.6 Å². The molecule has 0 fully saturated rings. The summed E-state index contributed by atoms with van der Waals surface area (Å²) >= 11 is 1.71. The van der Waals surface area contributed by atoms with Crippen molar-refractivity contribution < 1.29 is 0 Å². The topological polar surface area (TPSA) is 12.0 Å². The molecular weight excluding hydrogens is 286 g/mol. The molecule has 0 saturated heterocycles. The van der Waals surface area contributed by atoms with Crippen molar-refractivity contribution in [1.82, 2.24) is 4.72 Å². The molecule has 0 spiro atoms. The molecule has 1 rings (SSSR count). The van der Waals surface area contributed by atoms with Gasteiger partial charge in [0.1, 0.15) is 0 Å². The van der Waals surface area contributed by atoms with Gasteiger partial charge in [0.25, 0.3) is 0 Å². The van der Waals surface area contributed by atoms with Gasteiger partial charge in [-0.25, -0.2) is 0 Å². The van der Waals surface area contributed by atoms with E-state index < -0.39 is 0 Å². The van der Waals surface area contributed by atoms with Crippen LogP contribution in [0, 0.1) is 5.92 Å². The Kier molecular flexibility index (Phi) is 10.9. The summed E-state index contributed by atoms with van der Waals surface area (Å²) in [6, 6.07) is 10.9. The average molecular weight is 318 g/mol. The number of benzene rings is 1. The first-order chi connectivity index (χ1) is 10.8. The van der Waals surface area contributed by atoms with Crippen molar-refractivity contribution in [3.05, 3.63) is 60.2 Å². The normalized spacial score (nSPS) is 14.7. The molecule has 0 aliphatic carbocycles. The van der Waals surface area contributed by atoms with Crippen molar-refractivity contribution in [3.8, 4) is 0 Å². The van der Waals surface area contributed by atoms with Crippen molar-refractivity contribution in [1.29, 1.82) is 0 Å². The summed E-state index contributed by atoms with van der Waals surface area (Å²) in [6.07, 6.45) is 16.0. The summed E-state index contributed by atoms with van der Waals surface area (Å²) in [5.41, 5.74) is 1.44. The molecule has 0 radical (unpaired) electrons. The third-order valence-electron chi connectivity index (χ3n) is 3.92. The van der Waals surface area contributed by atoms with E-state index in [0.29, 0.717) is 11.8 Å². The molecule has 0 aliphatic rings. The van der Waals surface area contributed by atoms with E-state index in [1.54, 1.807) is 11.9 Å². The Morgan fingerprint density at radius 2 is 1.91 bits per heavy atom. The minimum absolute atomic E-state index is 0.534. The number of nitrogens with one attached hydrogen (secondary N) is 1. The number of allylic oxidation sites excluding steroid dienone is 4. The van der Waals surface area contributed by atoms with Crippen molar-refractivity contribution in [2.45, 2.75) is 45.4 Å². The van der Waals surface area contributed by atoms with Crippen LogP contribution < -0.4 is 4.72 Å². The van der Waals surface area contributed by atoms with Gasteiger partial charge in [-0.05, 0) is 30.6 Å². The van der Waals surface area contributed by atoms with Crippen LogP contribution in [-0.2, 0) is 0 Å². The second-order valence-electron chi connectivity index (χ2n) is 5.60. The Morgan fingerprint density at radius 3 is 2.55 bits per heavy atom. The van der Waals surface area contributed by atoms with Crippen LogP contribution in [0.3, 0.4) is 0 Å². The highest BCUT2D eigenvalue weighted by Gasteiger charge is 2.20. The quantitative estimate of drug-likeness (QED) is 0.399. The predicted molar refractivity (Wildman–Crippen MR) is 102 cm³/mol. The summed E-state index contributed by atoms with van der Waals surface area (Å²) in [5, 5.41) is 0. The van der Waals surface area contributed by atoms with Crippen LogP contribution in [0.2, 0.25) is 0 Å². The van der Waals surface area contributed by atoms with Gasteiger partial charge in [0.2, 0.25) is 0 Å². The maximum absolute atomic E-state index is 3.47. The molecule has 2 heteroatoms. The van der Waals surface area contributed by atoms with Gasteiger partial charge in [-0.3, -0.25) is 4.72 Å². The molecule has 0 heterocycles. The molecule has 0 amide bonds. The fraction of sp³-hybridized carbons (Fsp3) is 0.500. The summed E-state index contributed by atoms with van der Waals surface area (Å²) in [5.74, 6) is 1.12. The molecule has 0 bridgehead atoms. The molecular formula is C20H31NS. The lowest BCUT2D eigenvalue weighted by Gasteiger charge is -2.25. The van der Waals surface area contributed by atoms with Gasteiger partial charge >= 0.3 is 0 Å². The van der Waals surface area contributed by atoms with Crippen LogP contribution in [0.25, 0.3) is 0 Å². The first-order valence-corrected chi connectivity index (χ1v) is 9.70. The Labute approximate surface area is 141 Å². The van der Waals surface area contributed by atoms with Gasteiger partial charge in [0.15, 0.2) is 0 Å². The maximum Gasteiger partial charge on any atom is 0.0133 e. The average Bonchev–Trinajstić information content (AvgIpc) is 2.56. The predicted octanol–water partition coefficient (Wildman–Crippen LogP) is 5.97. The SMILES string of the molecule is CC/C=C\C=C/C(CCCC)C(CNSC)c1ccccc1. The van der Waals surface area contributed by atoms with Crippen LogP contribution in [0.4, 0.5) is 0 Å². The van der Waals surface area contributed by atoms with Crippen molar-refractivity contribution in [2.24, 2.45) is 5.92 Å². The lowest BCUT2D eigenvalue weighted by molar-refractivity contribution is 0.456. The van der Waals surface area contributed by atoms with Crippen LogP contribution in [-0.4, -0.2) is 12.8 Å². The maximum atomic E-state index is 3.47. The lowest BCUT2D eigenvalue weighted by Crippen LogP contribution is -2.22. The molecule has 22 heavy (non-hydrogen) atoms. The Morgan fingerprint density at radius 1 is 1.14 bits per heavy atom. The van der Waals surface area contributed by atoms with Crippen molar-refractivity contribution in [3.63, 3.8) is 0 Å². The van der Waals surface area contributed by atoms with Crippen LogP contribution >= 0.6 is 11.9 Å². The summed E-state index contributed by atoms with van der Waals surface area (Å²) in [4.78, 5) is 0. The smallest absolute Gasteiger partial charge is 0.0133 e. The number of hydrogen-bond acceptors (Lipinski definition) is 2. The standard InChI is InChI=1S/C20H31NS/c1-4-6-8-10-14-18(13-7-5-2)20(17-21-22-3)19-15-11-9-12-16-19/h6,8-12,14-16,18,20-21H,4-5,7,13,17H2,1-3H3/b8-6-,14-10-. The monoisotopic (exact) mass is 317 g/mol. The van der Waals surface area contributed by atoms with Gasteiger partial charge in [-0.15, -0.1) is 0 Å². The molecule has 0 aliphatic heterocycles. The number of unbranched alkanes of at least 4 members (excludes halogenated alkanes) is 1. The van der Waals surface area contributed by atoms with Crippen LogP contribution in [0.1, 0.15) is 51.0 Å². The molecule has 2 atom stereocenters. The highest BCUT2D eigenvalue weighted by molar-refractivity contribution is 7.96. The molecule has 1 N–H and O–H groups in total. The van der Waals surface area contributed by atoms with Gasteiger partial charge in [0.05, 0.1) is 0 Å². The zero-order valence-electron chi connectivity index (χ0n) is 14.3. The molecule has 122 valence electrons. The minimum atomic E-state index is 0.534. The highest BCUT2D eigenvalue weighted by Crippen LogP contribution is 2.30. The molecule has 1 nitrogen and oxygen atoms in total. The van der Waals surface area contributed by atoms with Crippen molar-refractivity contribution in [2.75, 3.05) is 12.8 Å². The molecule has 1 aromatic carbocycles. The largest absolute Gasteiger partial charge is 0.264 e. The molecule has 1 aromatic rings. The number of rotatable bonds is 11. The zero-order chi connectivity index (χ0) is 16.0. The fourth-order valence-corrected chi connectivity index (χ4v) is 3.03. The van der Waals surface area contributed by atoms with Gasteiger partial charge in [-0.1, -0.05) is 93.3 Å². The van der Waals surface area contributed by atoms with E-state index in [-0.39, 0.29) is 0 Å². The van der Waals surface area contributed by atoms with Crippen LogP contribution in [0.5, 0.6) is 0 Å². The number of hydrogen-bond donors (Lipinski definition) is 1. The third-order valence-corrected chi connectivity index (χ3v) is 4.38. The summed E-state index contributed by atoms with van der Waals surface area (Å²) < 4.78 is 3.47. The van der Waals surface area contributed by atoms with E-state index in [2.05, 4.69) is 79.5 Å². The van der Waals surface area contributed by atoms with E-state index in [1.165, 1.54) is 24.8 Å². The van der Waals surface area contributed by atoms with Gasteiger partial charge in [-0.2, -0.15) is 0 Å². The van der Waals surface area contributed by atoms with Crippen molar-refractivity contribution >= 4 is 11.9 Å². The summed E-state index contributed by atoms with van der Waals surface area (Å²) in [6.45, 7) is 5.46. The fourth-order valence-electron chi connectivity index (χ4n) is 2.68. The summed E-state index contributed by atoms with van der Waals surface area (Å²) in [7, 11) is 0. The minimum Gasteiger partial charge on any atom is -0.264 e. The first-order valence-electron chi connectivity index (χ1n) is 8.47. The third kappa shape index (κ3) is 7.33. The van der Waals surface area contributed by atoms with Gasteiger partial charge in [0, 0.05) is 12.5 Å². The Bertz CT molecular complexity index is 425. The van der Waals surface area contributed by atoms with E-state index in [0.717, 1.165) is 13.0 Å². The van der Waals surface area contributed by atoms with E-state index in [9.17, 15) is 0 Å². The second-order valence-corrected chi connectivity index (χ2v) is 6.29. The highest BCUT2D eigenvalue weighted by atomic mass is 32.2. The Balaban J connectivity index is 2.90. The first kappa shape index (κ1) is 19.1. The van der Waals surface area contributed by atoms with E-state index in [4.69, 9.17) is 0 Å². The Hall–Kier alpha value is -0.990. The van der Waals surface area contributed by atoms with Gasteiger partial charge < -0.3 is 0 Å².